The van der Waals surface area contributed by atoms with Gasteiger partial charge in [0.1, 0.15) is 0 Å². The van der Waals surface area contributed by atoms with Crippen LogP contribution in [0, 0.1) is 0 Å². The standard InChI is InChI=1S/C13H17N3/c1-11(12-5-3-2-4-6-12)16-10-15-9-13(16)7-8-14/h2-6,9-11H,7-8,14H2,1H3. The second-order valence-electron chi connectivity index (χ2n) is 3.92. The van der Waals surface area contributed by atoms with Crippen LogP contribution in [0.3, 0.4) is 0 Å². The van der Waals surface area contributed by atoms with Crippen molar-refractivity contribution in [3.63, 3.8) is 0 Å². The van der Waals surface area contributed by atoms with Gasteiger partial charge in [-0.2, -0.15) is 0 Å². The van der Waals surface area contributed by atoms with E-state index in [1.807, 2.05) is 18.6 Å². The van der Waals surface area contributed by atoms with Crippen LogP contribution in [-0.4, -0.2) is 16.1 Å². The van der Waals surface area contributed by atoms with Crippen molar-refractivity contribution < 1.29 is 0 Å². The van der Waals surface area contributed by atoms with E-state index < -0.39 is 0 Å². The third-order valence-corrected chi connectivity index (χ3v) is 2.85. The first kappa shape index (κ1) is 10.9. The summed E-state index contributed by atoms with van der Waals surface area (Å²) in [5.41, 5.74) is 8.07. The van der Waals surface area contributed by atoms with Gasteiger partial charge >= 0.3 is 0 Å². The van der Waals surface area contributed by atoms with Gasteiger partial charge in [-0.25, -0.2) is 4.98 Å². The molecular formula is C13H17N3. The monoisotopic (exact) mass is 215 g/mol. The lowest BCUT2D eigenvalue weighted by Gasteiger charge is -2.16. The van der Waals surface area contributed by atoms with Crippen molar-refractivity contribution in [2.24, 2.45) is 5.73 Å². The van der Waals surface area contributed by atoms with E-state index in [0.717, 1.165) is 6.42 Å². The van der Waals surface area contributed by atoms with E-state index in [2.05, 4.69) is 40.7 Å². The minimum Gasteiger partial charge on any atom is -0.330 e. The van der Waals surface area contributed by atoms with Crippen molar-refractivity contribution in [3.8, 4) is 0 Å². The number of hydrogen-bond donors (Lipinski definition) is 1. The number of rotatable bonds is 4. The topological polar surface area (TPSA) is 43.8 Å². The Balaban J connectivity index is 2.27. The van der Waals surface area contributed by atoms with E-state index in [0.29, 0.717) is 12.6 Å². The summed E-state index contributed by atoms with van der Waals surface area (Å²) in [5, 5.41) is 0. The molecule has 0 aliphatic heterocycles. The van der Waals surface area contributed by atoms with E-state index in [9.17, 15) is 0 Å². The normalized spacial score (nSPS) is 12.6. The zero-order chi connectivity index (χ0) is 11.4. The molecule has 1 aromatic carbocycles. The van der Waals surface area contributed by atoms with Gasteiger partial charge in [0.2, 0.25) is 0 Å². The van der Waals surface area contributed by atoms with E-state index in [-0.39, 0.29) is 0 Å². The van der Waals surface area contributed by atoms with E-state index in [1.54, 1.807) is 0 Å². The number of imidazole rings is 1. The number of nitrogens with zero attached hydrogens (tertiary/aromatic N) is 2. The molecule has 16 heavy (non-hydrogen) atoms. The molecular weight excluding hydrogens is 198 g/mol. The Labute approximate surface area is 95.9 Å². The van der Waals surface area contributed by atoms with Gasteiger partial charge in [0.25, 0.3) is 0 Å². The van der Waals surface area contributed by atoms with Gasteiger partial charge in [0, 0.05) is 18.3 Å². The highest BCUT2D eigenvalue weighted by molar-refractivity contribution is 5.20. The molecule has 1 unspecified atom stereocenters. The first-order chi connectivity index (χ1) is 7.83. The molecule has 1 aromatic heterocycles. The fourth-order valence-corrected chi connectivity index (χ4v) is 1.91. The Morgan fingerprint density at radius 3 is 2.75 bits per heavy atom. The molecule has 0 bridgehead atoms. The molecule has 0 spiro atoms. The lowest BCUT2D eigenvalue weighted by molar-refractivity contribution is 0.607. The Morgan fingerprint density at radius 1 is 1.31 bits per heavy atom. The maximum absolute atomic E-state index is 5.59. The SMILES string of the molecule is CC(c1ccccc1)n1cncc1CCN. The average Bonchev–Trinajstić information content (AvgIpc) is 2.78. The second kappa shape index (κ2) is 4.94. The summed E-state index contributed by atoms with van der Waals surface area (Å²) in [6, 6.07) is 10.7. The number of aromatic nitrogens is 2. The molecule has 0 saturated heterocycles. The molecule has 3 heteroatoms. The summed E-state index contributed by atoms with van der Waals surface area (Å²) >= 11 is 0. The van der Waals surface area contributed by atoms with E-state index in [1.165, 1.54) is 11.3 Å². The predicted molar refractivity (Wildman–Crippen MR) is 65.2 cm³/mol. The molecule has 0 saturated carbocycles. The van der Waals surface area contributed by atoms with Crippen LogP contribution in [0.25, 0.3) is 0 Å². The van der Waals surface area contributed by atoms with Crippen LogP contribution < -0.4 is 5.73 Å². The van der Waals surface area contributed by atoms with E-state index >= 15 is 0 Å². The Hall–Kier alpha value is -1.61. The molecule has 0 amide bonds. The van der Waals surface area contributed by atoms with Crippen molar-refractivity contribution in [1.29, 1.82) is 0 Å². The van der Waals surface area contributed by atoms with Crippen LogP contribution in [0.2, 0.25) is 0 Å². The van der Waals surface area contributed by atoms with Crippen LogP contribution in [0.5, 0.6) is 0 Å². The molecule has 1 heterocycles. The van der Waals surface area contributed by atoms with Gasteiger partial charge in [-0.15, -0.1) is 0 Å². The lowest BCUT2D eigenvalue weighted by atomic mass is 10.1. The predicted octanol–water partition coefficient (Wildman–Crippen LogP) is 1.99. The molecule has 3 nitrogen and oxygen atoms in total. The molecule has 0 radical (unpaired) electrons. The zero-order valence-electron chi connectivity index (χ0n) is 9.50. The summed E-state index contributed by atoms with van der Waals surface area (Å²) in [6.45, 7) is 2.84. The summed E-state index contributed by atoms with van der Waals surface area (Å²) in [7, 11) is 0. The van der Waals surface area contributed by atoms with Crippen LogP contribution in [-0.2, 0) is 6.42 Å². The average molecular weight is 215 g/mol. The molecule has 84 valence electrons. The van der Waals surface area contributed by atoms with Crippen LogP contribution in [0.1, 0.15) is 24.2 Å². The van der Waals surface area contributed by atoms with Crippen molar-refractivity contribution in [3.05, 3.63) is 54.1 Å². The molecule has 1 atom stereocenters. The van der Waals surface area contributed by atoms with Crippen molar-refractivity contribution in [2.45, 2.75) is 19.4 Å². The maximum atomic E-state index is 5.59. The molecule has 0 aliphatic carbocycles. The fraction of sp³-hybridized carbons (Fsp3) is 0.308. The first-order valence-corrected chi connectivity index (χ1v) is 5.58. The van der Waals surface area contributed by atoms with Crippen LogP contribution in [0.15, 0.2) is 42.9 Å². The van der Waals surface area contributed by atoms with Crippen molar-refractivity contribution in [1.82, 2.24) is 9.55 Å². The fourth-order valence-electron chi connectivity index (χ4n) is 1.91. The quantitative estimate of drug-likeness (QED) is 0.847. The largest absolute Gasteiger partial charge is 0.330 e. The molecule has 2 rings (SSSR count). The van der Waals surface area contributed by atoms with Crippen molar-refractivity contribution in [2.75, 3.05) is 6.54 Å². The molecule has 0 aliphatic rings. The Kier molecular flexibility index (Phi) is 3.37. The first-order valence-electron chi connectivity index (χ1n) is 5.58. The summed E-state index contributed by atoms with van der Waals surface area (Å²) in [6.07, 6.45) is 4.64. The number of nitrogens with two attached hydrogens (primary N) is 1. The van der Waals surface area contributed by atoms with E-state index in [4.69, 9.17) is 5.73 Å². The van der Waals surface area contributed by atoms with Gasteiger partial charge < -0.3 is 10.3 Å². The molecule has 2 aromatic rings. The van der Waals surface area contributed by atoms with Gasteiger partial charge in [-0.05, 0) is 19.0 Å². The smallest absolute Gasteiger partial charge is 0.0953 e. The third kappa shape index (κ3) is 2.14. The van der Waals surface area contributed by atoms with Gasteiger partial charge in [-0.3, -0.25) is 0 Å². The van der Waals surface area contributed by atoms with Crippen molar-refractivity contribution >= 4 is 0 Å². The maximum Gasteiger partial charge on any atom is 0.0953 e. The minimum atomic E-state index is 0.310. The minimum absolute atomic E-state index is 0.310. The van der Waals surface area contributed by atoms with Crippen LogP contribution in [0.4, 0.5) is 0 Å². The second-order valence-corrected chi connectivity index (χ2v) is 3.92. The highest BCUT2D eigenvalue weighted by Crippen LogP contribution is 2.19. The van der Waals surface area contributed by atoms with Gasteiger partial charge in [0.05, 0.1) is 12.4 Å². The number of hydrogen-bond acceptors (Lipinski definition) is 2. The number of benzene rings is 1. The summed E-state index contributed by atoms with van der Waals surface area (Å²) in [4.78, 5) is 4.19. The molecule has 2 N–H and O–H groups in total. The Morgan fingerprint density at radius 2 is 2.06 bits per heavy atom. The third-order valence-electron chi connectivity index (χ3n) is 2.85. The highest BCUT2D eigenvalue weighted by Gasteiger charge is 2.10. The van der Waals surface area contributed by atoms with Gasteiger partial charge in [0.15, 0.2) is 0 Å². The summed E-state index contributed by atoms with van der Waals surface area (Å²) < 4.78 is 2.18. The molecule has 0 fully saturated rings. The summed E-state index contributed by atoms with van der Waals surface area (Å²) in [5.74, 6) is 0. The van der Waals surface area contributed by atoms with Gasteiger partial charge in [-0.1, -0.05) is 30.3 Å². The lowest BCUT2D eigenvalue weighted by Crippen LogP contribution is -2.12. The van der Waals surface area contributed by atoms with Crippen LogP contribution >= 0.6 is 0 Å². The zero-order valence-corrected chi connectivity index (χ0v) is 9.50. The highest BCUT2D eigenvalue weighted by atomic mass is 15.1. The Bertz CT molecular complexity index is 433.